The van der Waals surface area contributed by atoms with E-state index < -0.39 is 23.3 Å². The summed E-state index contributed by atoms with van der Waals surface area (Å²) < 4.78 is 40.1. The van der Waals surface area contributed by atoms with Gasteiger partial charge in [0, 0.05) is 18.8 Å². The number of aromatic nitrogens is 2. The number of alkyl halides is 3. The number of rotatable bonds is 3. The fraction of sp³-hybridized carbons (Fsp3) is 0.222. The molecule has 0 aliphatic heterocycles. The van der Waals surface area contributed by atoms with Crippen LogP contribution >= 0.6 is 11.3 Å². The summed E-state index contributed by atoms with van der Waals surface area (Å²) in [6.45, 7) is 1.96. The molecule has 2 heterocycles. The molecule has 0 unspecified atom stereocenters. The lowest BCUT2D eigenvalue weighted by molar-refractivity contribution is -0.141. The molecule has 2 aromatic heterocycles. The molecule has 8 heteroatoms. The molecule has 0 radical (unpaired) electrons. The zero-order chi connectivity index (χ0) is 18.2. The number of nitrogens with zero attached hydrogens (tertiary/aromatic N) is 2. The third-order valence-electron chi connectivity index (χ3n) is 3.60. The molecular formula is C18H18F3N3OS. The highest BCUT2D eigenvalue weighted by atomic mass is 32.1. The van der Waals surface area contributed by atoms with Gasteiger partial charge in [-0.1, -0.05) is 37.3 Å². The van der Waals surface area contributed by atoms with Gasteiger partial charge in [0.1, 0.15) is 5.00 Å². The van der Waals surface area contributed by atoms with Crippen molar-refractivity contribution in [3.05, 3.63) is 58.7 Å². The lowest BCUT2D eigenvalue weighted by atomic mass is 10.1. The second-order valence-corrected chi connectivity index (χ2v) is 6.46. The van der Waals surface area contributed by atoms with Gasteiger partial charge in [-0.25, -0.2) is 0 Å². The van der Waals surface area contributed by atoms with Crippen LogP contribution < -0.4 is 5.32 Å². The lowest BCUT2D eigenvalue weighted by Gasteiger charge is -2.08. The second-order valence-electron chi connectivity index (χ2n) is 5.55. The van der Waals surface area contributed by atoms with Gasteiger partial charge < -0.3 is 5.32 Å². The zero-order valence-corrected chi connectivity index (χ0v) is 14.2. The quantitative estimate of drug-likeness (QED) is 0.663. The van der Waals surface area contributed by atoms with Crippen molar-refractivity contribution in [2.24, 2.45) is 7.05 Å². The summed E-state index contributed by atoms with van der Waals surface area (Å²) in [4.78, 5) is 12.4. The molecule has 0 aliphatic rings. The number of thiophene rings is 1. The zero-order valence-electron chi connectivity index (χ0n) is 13.4. The summed E-state index contributed by atoms with van der Waals surface area (Å²) in [6, 6.07) is 9.48. The summed E-state index contributed by atoms with van der Waals surface area (Å²) in [6.07, 6.45) is -3.62. The molecule has 1 N–H and O–H groups in total. The molecule has 0 saturated heterocycles. The van der Waals surface area contributed by atoms with Crippen LogP contribution in [0, 0.1) is 6.92 Å². The Hall–Kier alpha value is -2.61. The minimum absolute atomic E-state index is 0. The molecule has 0 aliphatic carbocycles. The predicted octanol–water partition coefficient (Wildman–Crippen LogP) is 5.36. The van der Waals surface area contributed by atoms with E-state index in [2.05, 4.69) is 10.4 Å². The number of anilines is 1. The standard InChI is InChI=1S/C17H14F3N3OS.CH4/c1-10-3-5-11(6-4-10)12-7-8-25-16(12)21-15(24)13-9-23(2)22-14(13)17(18,19)20;/h3-9H,1-2H3,(H,21,24);1H4. The van der Waals surface area contributed by atoms with Crippen molar-refractivity contribution in [3.63, 3.8) is 0 Å². The molecule has 138 valence electrons. The minimum Gasteiger partial charge on any atom is -0.313 e. The smallest absolute Gasteiger partial charge is 0.313 e. The van der Waals surface area contributed by atoms with E-state index >= 15 is 0 Å². The average molecular weight is 381 g/mol. The van der Waals surface area contributed by atoms with E-state index in [-0.39, 0.29) is 7.43 Å². The van der Waals surface area contributed by atoms with Crippen molar-refractivity contribution in [3.8, 4) is 11.1 Å². The maximum absolute atomic E-state index is 13.0. The number of benzene rings is 1. The highest BCUT2D eigenvalue weighted by Gasteiger charge is 2.39. The van der Waals surface area contributed by atoms with Crippen LogP contribution in [0.15, 0.2) is 41.9 Å². The highest BCUT2D eigenvalue weighted by Crippen LogP contribution is 2.35. The van der Waals surface area contributed by atoms with Gasteiger partial charge in [0.05, 0.1) is 5.56 Å². The van der Waals surface area contributed by atoms with E-state index in [1.807, 2.05) is 37.3 Å². The summed E-state index contributed by atoms with van der Waals surface area (Å²) in [5, 5.41) is 8.20. The summed E-state index contributed by atoms with van der Waals surface area (Å²) in [5.74, 6) is -0.837. The Bertz CT molecular complexity index is 911. The van der Waals surface area contributed by atoms with Gasteiger partial charge in [-0.15, -0.1) is 11.3 Å². The van der Waals surface area contributed by atoms with Crippen molar-refractivity contribution in [1.29, 1.82) is 0 Å². The number of carbonyl (C=O) groups excluding carboxylic acids is 1. The Kier molecular flexibility index (Phi) is 5.56. The first-order chi connectivity index (χ1) is 11.8. The molecule has 0 fully saturated rings. The molecule has 0 atom stereocenters. The van der Waals surface area contributed by atoms with Gasteiger partial charge in [-0.05, 0) is 23.9 Å². The Morgan fingerprint density at radius 3 is 2.46 bits per heavy atom. The Balaban J connectivity index is 0.00000243. The van der Waals surface area contributed by atoms with Crippen molar-refractivity contribution in [2.75, 3.05) is 5.32 Å². The number of aryl methyl sites for hydroxylation is 2. The highest BCUT2D eigenvalue weighted by molar-refractivity contribution is 7.15. The van der Waals surface area contributed by atoms with Gasteiger partial charge in [0.2, 0.25) is 0 Å². The number of nitrogens with one attached hydrogen (secondary N) is 1. The van der Waals surface area contributed by atoms with Crippen molar-refractivity contribution >= 4 is 22.2 Å². The maximum Gasteiger partial charge on any atom is 0.435 e. The molecular weight excluding hydrogens is 363 g/mol. The van der Waals surface area contributed by atoms with E-state index in [0.717, 1.165) is 27.6 Å². The van der Waals surface area contributed by atoms with E-state index in [4.69, 9.17) is 0 Å². The van der Waals surface area contributed by atoms with Crippen molar-refractivity contribution < 1.29 is 18.0 Å². The van der Waals surface area contributed by atoms with Crippen LogP contribution in [-0.4, -0.2) is 15.7 Å². The molecule has 1 aromatic carbocycles. The van der Waals surface area contributed by atoms with E-state index in [9.17, 15) is 18.0 Å². The topological polar surface area (TPSA) is 46.9 Å². The molecule has 0 saturated carbocycles. The molecule has 1 amide bonds. The summed E-state index contributed by atoms with van der Waals surface area (Å²) in [7, 11) is 1.34. The Morgan fingerprint density at radius 1 is 1.19 bits per heavy atom. The minimum atomic E-state index is -4.69. The molecule has 3 aromatic rings. The fourth-order valence-corrected chi connectivity index (χ4v) is 3.21. The van der Waals surface area contributed by atoms with Gasteiger partial charge in [0.25, 0.3) is 5.91 Å². The molecule has 0 spiro atoms. The first-order valence-corrected chi connectivity index (χ1v) is 8.20. The van der Waals surface area contributed by atoms with Crippen LogP contribution in [0.5, 0.6) is 0 Å². The third-order valence-corrected chi connectivity index (χ3v) is 4.43. The summed E-state index contributed by atoms with van der Waals surface area (Å²) >= 11 is 1.25. The van der Waals surface area contributed by atoms with E-state index in [1.165, 1.54) is 18.4 Å². The Labute approximate surface area is 153 Å². The predicted molar refractivity (Wildman–Crippen MR) is 97.4 cm³/mol. The first-order valence-electron chi connectivity index (χ1n) is 7.32. The average Bonchev–Trinajstić information content (AvgIpc) is 3.14. The SMILES string of the molecule is C.Cc1ccc(-c2ccsc2NC(=O)c2cn(C)nc2C(F)(F)F)cc1. The molecule has 3 rings (SSSR count). The van der Waals surface area contributed by atoms with E-state index in [0.29, 0.717) is 5.00 Å². The van der Waals surface area contributed by atoms with Crippen LogP contribution in [0.3, 0.4) is 0 Å². The molecule has 4 nitrogen and oxygen atoms in total. The van der Waals surface area contributed by atoms with Gasteiger partial charge in [-0.2, -0.15) is 18.3 Å². The number of halogens is 3. The van der Waals surface area contributed by atoms with Crippen LogP contribution in [0.4, 0.5) is 18.2 Å². The van der Waals surface area contributed by atoms with Crippen LogP contribution in [0.2, 0.25) is 0 Å². The molecule has 26 heavy (non-hydrogen) atoms. The van der Waals surface area contributed by atoms with Gasteiger partial charge in [0.15, 0.2) is 5.69 Å². The fourth-order valence-electron chi connectivity index (χ4n) is 2.40. The second kappa shape index (κ2) is 7.33. The lowest BCUT2D eigenvalue weighted by Crippen LogP contribution is -2.17. The molecule has 0 bridgehead atoms. The number of carbonyl (C=O) groups is 1. The first kappa shape index (κ1) is 19.7. The third kappa shape index (κ3) is 3.96. The summed E-state index contributed by atoms with van der Waals surface area (Å²) in [5.41, 5.74) is 1.04. The largest absolute Gasteiger partial charge is 0.435 e. The Morgan fingerprint density at radius 2 is 1.85 bits per heavy atom. The van der Waals surface area contributed by atoms with Crippen LogP contribution in [0.25, 0.3) is 11.1 Å². The normalized spacial score (nSPS) is 11.1. The maximum atomic E-state index is 13.0. The van der Waals surface area contributed by atoms with Gasteiger partial charge in [-0.3, -0.25) is 9.48 Å². The van der Waals surface area contributed by atoms with Crippen LogP contribution in [0.1, 0.15) is 29.0 Å². The van der Waals surface area contributed by atoms with E-state index in [1.54, 1.807) is 5.38 Å². The van der Waals surface area contributed by atoms with Gasteiger partial charge >= 0.3 is 6.18 Å². The monoisotopic (exact) mass is 381 g/mol. The number of hydrogen-bond acceptors (Lipinski definition) is 3. The van der Waals surface area contributed by atoms with Crippen molar-refractivity contribution in [2.45, 2.75) is 20.5 Å². The van der Waals surface area contributed by atoms with Crippen LogP contribution in [-0.2, 0) is 13.2 Å². The van der Waals surface area contributed by atoms with Crippen molar-refractivity contribution in [1.82, 2.24) is 9.78 Å². The number of amides is 1. The number of hydrogen-bond donors (Lipinski definition) is 1.